The minimum Gasteiger partial charge on any atom is -0.299 e. The highest BCUT2D eigenvalue weighted by Crippen LogP contribution is 2.13. The molecule has 0 saturated heterocycles. The number of unbranched alkanes of at least 4 members (excludes halogenated alkanes) is 1. The average molecular weight is 150 g/mol. The molecule has 0 aromatic rings. The van der Waals surface area contributed by atoms with Gasteiger partial charge in [0.05, 0.1) is 5.92 Å². The number of allylic oxidation sites excluding steroid dienone is 4. The van der Waals surface area contributed by atoms with Gasteiger partial charge in [0.2, 0.25) is 0 Å². The Morgan fingerprint density at radius 1 is 1.36 bits per heavy atom. The maximum Gasteiger partial charge on any atom is 0.143 e. The summed E-state index contributed by atoms with van der Waals surface area (Å²) in [4.78, 5) is 11.3. The molecule has 1 aliphatic carbocycles. The molecule has 1 rings (SSSR count). The molecule has 1 nitrogen and oxygen atoms in total. The van der Waals surface area contributed by atoms with Gasteiger partial charge < -0.3 is 0 Å². The average Bonchev–Trinajstić information content (AvgIpc) is 2.52. The van der Waals surface area contributed by atoms with Crippen molar-refractivity contribution in [3.05, 3.63) is 24.3 Å². The smallest absolute Gasteiger partial charge is 0.143 e. The fourth-order valence-electron chi connectivity index (χ4n) is 1.16. The van der Waals surface area contributed by atoms with Gasteiger partial charge in [-0.1, -0.05) is 37.6 Å². The summed E-state index contributed by atoms with van der Waals surface area (Å²) in [5.41, 5.74) is 0. The first-order valence-electron chi connectivity index (χ1n) is 4.22. The van der Waals surface area contributed by atoms with Crippen molar-refractivity contribution < 1.29 is 4.79 Å². The van der Waals surface area contributed by atoms with E-state index < -0.39 is 0 Å². The second-order valence-electron chi connectivity index (χ2n) is 2.87. The first-order valence-corrected chi connectivity index (χ1v) is 4.22. The Balaban J connectivity index is 2.30. The Morgan fingerprint density at radius 2 is 2.00 bits per heavy atom. The van der Waals surface area contributed by atoms with Crippen molar-refractivity contribution in [1.29, 1.82) is 0 Å². The van der Waals surface area contributed by atoms with Crippen molar-refractivity contribution in [2.75, 3.05) is 0 Å². The summed E-state index contributed by atoms with van der Waals surface area (Å²) in [5, 5.41) is 0. The molecule has 0 amide bonds. The van der Waals surface area contributed by atoms with Crippen LogP contribution in [0, 0.1) is 5.92 Å². The largest absolute Gasteiger partial charge is 0.299 e. The Labute approximate surface area is 67.8 Å². The predicted molar refractivity (Wildman–Crippen MR) is 46.3 cm³/mol. The first-order chi connectivity index (χ1) is 5.34. The molecule has 0 unspecified atom stereocenters. The molecule has 60 valence electrons. The summed E-state index contributed by atoms with van der Waals surface area (Å²) in [6.45, 7) is 2.10. The van der Waals surface area contributed by atoms with Gasteiger partial charge in [-0.05, 0) is 6.42 Å². The SMILES string of the molecule is CCCCC(=O)C1C=CC=C1. The highest BCUT2D eigenvalue weighted by molar-refractivity contribution is 5.85. The van der Waals surface area contributed by atoms with Gasteiger partial charge in [0, 0.05) is 6.42 Å². The van der Waals surface area contributed by atoms with Crippen LogP contribution in [0.1, 0.15) is 26.2 Å². The zero-order valence-corrected chi connectivity index (χ0v) is 6.92. The second-order valence-corrected chi connectivity index (χ2v) is 2.87. The Kier molecular flexibility index (Phi) is 3.09. The third-order valence-corrected chi connectivity index (χ3v) is 1.90. The number of rotatable bonds is 4. The quantitative estimate of drug-likeness (QED) is 0.601. The van der Waals surface area contributed by atoms with E-state index in [0.717, 1.165) is 19.3 Å². The Morgan fingerprint density at radius 3 is 2.55 bits per heavy atom. The third-order valence-electron chi connectivity index (χ3n) is 1.90. The van der Waals surface area contributed by atoms with Gasteiger partial charge in [-0.3, -0.25) is 4.79 Å². The highest BCUT2D eigenvalue weighted by atomic mass is 16.1. The van der Waals surface area contributed by atoms with Gasteiger partial charge >= 0.3 is 0 Å². The summed E-state index contributed by atoms with van der Waals surface area (Å²) >= 11 is 0. The second kappa shape index (κ2) is 4.12. The summed E-state index contributed by atoms with van der Waals surface area (Å²) in [7, 11) is 0. The lowest BCUT2D eigenvalue weighted by Crippen LogP contribution is -2.07. The summed E-state index contributed by atoms with van der Waals surface area (Å²) < 4.78 is 0. The van der Waals surface area contributed by atoms with Crippen molar-refractivity contribution in [3.8, 4) is 0 Å². The lowest BCUT2D eigenvalue weighted by atomic mass is 10.0. The molecular formula is C10H14O. The van der Waals surface area contributed by atoms with Crippen LogP contribution in [0.25, 0.3) is 0 Å². The van der Waals surface area contributed by atoms with Crippen molar-refractivity contribution >= 4 is 5.78 Å². The molecule has 0 aromatic heterocycles. The van der Waals surface area contributed by atoms with Gasteiger partial charge in [-0.25, -0.2) is 0 Å². The van der Waals surface area contributed by atoms with Gasteiger partial charge in [0.25, 0.3) is 0 Å². The molecule has 0 aliphatic heterocycles. The van der Waals surface area contributed by atoms with Crippen LogP contribution in [-0.4, -0.2) is 5.78 Å². The fraction of sp³-hybridized carbons (Fsp3) is 0.500. The number of Topliss-reactive ketones (excluding diaryl/α,β-unsaturated/α-hetero) is 1. The molecule has 0 atom stereocenters. The van der Waals surface area contributed by atoms with Crippen LogP contribution in [-0.2, 0) is 4.79 Å². The van der Waals surface area contributed by atoms with E-state index >= 15 is 0 Å². The number of ketones is 1. The van der Waals surface area contributed by atoms with E-state index in [4.69, 9.17) is 0 Å². The number of carbonyl (C=O) groups excluding carboxylic acids is 1. The number of hydrogen-bond acceptors (Lipinski definition) is 1. The van der Waals surface area contributed by atoms with E-state index in [1.165, 1.54) is 0 Å². The lowest BCUT2D eigenvalue weighted by Gasteiger charge is -2.01. The first kappa shape index (κ1) is 8.25. The molecule has 0 aromatic carbocycles. The van der Waals surface area contributed by atoms with E-state index in [2.05, 4.69) is 6.92 Å². The molecule has 0 fully saturated rings. The highest BCUT2D eigenvalue weighted by Gasteiger charge is 2.12. The normalized spacial score (nSPS) is 16.1. The molecule has 0 bridgehead atoms. The van der Waals surface area contributed by atoms with Crippen LogP contribution in [0.2, 0.25) is 0 Å². The zero-order chi connectivity index (χ0) is 8.10. The number of hydrogen-bond donors (Lipinski definition) is 0. The zero-order valence-electron chi connectivity index (χ0n) is 6.92. The minimum atomic E-state index is 0.0848. The van der Waals surface area contributed by atoms with E-state index in [-0.39, 0.29) is 5.92 Å². The van der Waals surface area contributed by atoms with Crippen LogP contribution < -0.4 is 0 Å². The lowest BCUT2D eigenvalue weighted by molar-refractivity contribution is -0.120. The molecule has 11 heavy (non-hydrogen) atoms. The Bertz CT molecular complexity index is 177. The third kappa shape index (κ3) is 2.34. The molecule has 0 radical (unpaired) electrons. The molecule has 1 heteroatoms. The maximum absolute atomic E-state index is 11.3. The van der Waals surface area contributed by atoms with Crippen LogP contribution in [0.3, 0.4) is 0 Å². The minimum absolute atomic E-state index is 0.0848. The van der Waals surface area contributed by atoms with Crippen LogP contribution in [0.4, 0.5) is 0 Å². The monoisotopic (exact) mass is 150 g/mol. The number of carbonyl (C=O) groups is 1. The molecule has 0 N–H and O–H groups in total. The predicted octanol–water partition coefficient (Wildman–Crippen LogP) is 2.49. The van der Waals surface area contributed by atoms with Gasteiger partial charge in [-0.2, -0.15) is 0 Å². The molecule has 1 aliphatic rings. The van der Waals surface area contributed by atoms with Crippen molar-refractivity contribution in [1.82, 2.24) is 0 Å². The van der Waals surface area contributed by atoms with E-state index in [1.807, 2.05) is 24.3 Å². The summed E-state index contributed by atoms with van der Waals surface area (Å²) in [5.74, 6) is 0.443. The summed E-state index contributed by atoms with van der Waals surface area (Å²) in [6, 6.07) is 0. The van der Waals surface area contributed by atoms with E-state index in [0.29, 0.717) is 5.78 Å². The van der Waals surface area contributed by atoms with Crippen LogP contribution >= 0.6 is 0 Å². The van der Waals surface area contributed by atoms with Crippen molar-refractivity contribution in [2.45, 2.75) is 26.2 Å². The van der Waals surface area contributed by atoms with E-state index in [9.17, 15) is 4.79 Å². The standard InChI is InChI=1S/C10H14O/c1-2-3-8-10(11)9-6-4-5-7-9/h4-7,9H,2-3,8H2,1H3. The van der Waals surface area contributed by atoms with Crippen LogP contribution in [0.5, 0.6) is 0 Å². The molecule has 0 heterocycles. The fourth-order valence-corrected chi connectivity index (χ4v) is 1.16. The maximum atomic E-state index is 11.3. The van der Waals surface area contributed by atoms with Crippen molar-refractivity contribution in [2.24, 2.45) is 5.92 Å². The summed E-state index contributed by atoms with van der Waals surface area (Å²) in [6.07, 6.45) is 10.7. The van der Waals surface area contributed by atoms with Gasteiger partial charge in [0.1, 0.15) is 5.78 Å². The molecule has 0 saturated carbocycles. The topological polar surface area (TPSA) is 17.1 Å². The van der Waals surface area contributed by atoms with Crippen molar-refractivity contribution in [3.63, 3.8) is 0 Å². The Hall–Kier alpha value is -0.850. The molecular weight excluding hydrogens is 136 g/mol. The van der Waals surface area contributed by atoms with Gasteiger partial charge in [0.15, 0.2) is 0 Å². The van der Waals surface area contributed by atoms with Crippen LogP contribution in [0.15, 0.2) is 24.3 Å². The van der Waals surface area contributed by atoms with E-state index in [1.54, 1.807) is 0 Å². The van der Waals surface area contributed by atoms with Gasteiger partial charge in [-0.15, -0.1) is 0 Å². The molecule has 0 spiro atoms.